The van der Waals surface area contributed by atoms with Crippen molar-refractivity contribution in [3.63, 3.8) is 0 Å². The molecule has 1 heterocycles. The number of aliphatic carboxylic acids is 1. The Kier molecular flexibility index (Phi) is 4.49. The summed E-state index contributed by atoms with van der Waals surface area (Å²) in [4.78, 5) is 14.5. The fourth-order valence-electron chi connectivity index (χ4n) is 1.49. The van der Waals surface area contributed by atoms with Gasteiger partial charge in [0.2, 0.25) is 5.89 Å². The third-order valence-corrected chi connectivity index (χ3v) is 2.34. The Hall–Kier alpha value is -1.36. The van der Waals surface area contributed by atoms with Gasteiger partial charge in [0, 0.05) is 12.5 Å². The van der Waals surface area contributed by atoms with E-state index < -0.39 is 5.97 Å². The van der Waals surface area contributed by atoms with E-state index in [1.54, 1.807) is 6.20 Å². The number of hydrogen-bond acceptors (Lipinski definition) is 4. The van der Waals surface area contributed by atoms with Crippen molar-refractivity contribution in [3.8, 4) is 0 Å². The molecule has 2 unspecified atom stereocenters. The minimum atomic E-state index is -0.770. The highest BCUT2D eigenvalue weighted by Gasteiger charge is 2.14. The number of nitrogens with zero attached hydrogens (tertiary/aromatic N) is 1. The first-order chi connectivity index (χ1) is 7.49. The Morgan fingerprint density at radius 1 is 1.62 bits per heavy atom. The summed E-state index contributed by atoms with van der Waals surface area (Å²) < 4.78 is 5.38. The second kappa shape index (κ2) is 5.65. The number of rotatable bonds is 6. The molecular weight excluding hydrogens is 208 g/mol. The van der Waals surface area contributed by atoms with Gasteiger partial charge in [-0.2, -0.15) is 0 Å². The van der Waals surface area contributed by atoms with Gasteiger partial charge in [-0.25, -0.2) is 4.98 Å². The molecule has 0 aliphatic rings. The molecule has 0 aromatic carbocycles. The number of aromatic nitrogens is 1. The van der Waals surface area contributed by atoms with Gasteiger partial charge in [-0.05, 0) is 27.2 Å². The summed E-state index contributed by atoms with van der Waals surface area (Å²) in [6, 6.07) is 0.121. The second-order valence-corrected chi connectivity index (χ2v) is 4.03. The summed E-state index contributed by atoms with van der Waals surface area (Å²) >= 11 is 0. The third kappa shape index (κ3) is 4.02. The fourth-order valence-corrected chi connectivity index (χ4v) is 1.49. The molecular formula is C11H18N2O3. The van der Waals surface area contributed by atoms with Crippen molar-refractivity contribution in [1.82, 2.24) is 10.3 Å². The van der Waals surface area contributed by atoms with E-state index in [1.165, 1.54) is 0 Å². The first-order valence-corrected chi connectivity index (χ1v) is 5.39. The SMILES string of the molecule is Cc1cnc(C(C)NC(C)CCC(=O)O)o1. The first kappa shape index (κ1) is 12.7. The van der Waals surface area contributed by atoms with Gasteiger partial charge >= 0.3 is 5.97 Å². The number of oxazole rings is 1. The normalized spacial score (nSPS) is 14.7. The predicted octanol–water partition coefficient (Wildman–Crippen LogP) is 1.89. The van der Waals surface area contributed by atoms with E-state index >= 15 is 0 Å². The van der Waals surface area contributed by atoms with Crippen molar-refractivity contribution in [2.75, 3.05) is 0 Å². The van der Waals surface area contributed by atoms with Crippen LogP contribution in [-0.2, 0) is 4.79 Å². The lowest BCUT2D eigenvalue weighted by Gasteiger charge is -2.16. The van der Waals surface area contributed by atoms with Crippen LogP contribution in [-0.4, -0.2) is 22.1 Å². The number of hydrogen-bond donors (Lipinski definition) is 2. The molecule has 0 saturated heterocycles. The molecule has 1 rings (SSSR count). The minimum absolute atomic E-state index is 0.00232. The molecule has 5 nitrogen and oxygen atoms in total. The van der Waals surface area contributed by atoms with Crippen molar-refractivity contribution in [2.24, 2.45) is 0 Å². The zero-order valence-corrected chi connectivity index (χ0v) is 9.86. The van der Waals surface area contributed by atoms with Crippen molar-refractivity contribution in [3.05, 3.63) is 17.8 Å². The summed E-state index contributed by atoms with van der Waals surface area (Å²) in [5, 5.41) is 11.8. The standard InChI is InChI=1S/C11H18N2O3/c1-7(4-5-10(14)15)13-9(3)11-12-6-8(2)16-11/h6-7,9,13H,4-5H2,1-3H3,(H,14,15). The predicted molar refractivity (Wildman–Crippen MR) is 59.1 cm³/mol. The van der Waals surface area contributed by atoms with Crippen LogP contribution in [0.2, 0.25) is 0 Å². The van der Waals surface area contributed by atoms with E-state index in [-0.39, 0.29) is 18.5 Å². The summed E-state index contributed by atoms with van der Waals surface area (Å²) in [5.41, 5.74) is 0. The zero-order valence-electron chi connectivity index (χ0n) is 9.86. The van der Waals surface area contributed by atoms with Crippen LogP contribution >= 0.6 is 0 Å². The Morgan fingerprint density at radius 2 is 2.31 bits per heavy atom. The topological polar surface area (TPSA) is 75.4 Å². The molecule has 1 aromatic rings. The molecule has 5 heteroatoms. The molecule has 0 fully saturated rings. The molecule has 0 saturated carbocycles. The van der Waals surface area contributed by atoms with Crippen LogP contribution in [0.25, 0.3) is 0 Å². The monoisotopic (exact) mass is 226 g/mol. The van der Waals surface area contributed by atoms with E-state index in [4.69, 9.17) is 9.52 Å². The van der Waals surface area contributed by atoms with Gasteiger partial charge in [0.25, 0.3) is 0 Å². The Balaban J connectivity index is 2.39. The fraction of sp³-hybridized carbons (Fsp3) is 0.636. The third-order valence-electron chi connectivity index (χ3n) is 2.34. The number of carboxylic acid groups (broad SMARTS) is 1. The van der Waals surface area contributed by atoms with Crippen LogP contribution in [0, 0.1) is 6.92 Å². The van der Waals surface area contributed by atoms with E-state index in [0.717, 1.165) is 5.76 Å². The van der Waals surface area contributed by atoms with Gasteiger partial charge in [0.1, 0.15) is 5.76 Å². The maximum absolute atomic E-state index is 10.4. The van der Waals surface area contributed by atoms with Crippen molar-refractivity contribution >= 4 is 5.97 Å². The van der Waals surface area contributed by atoms with E-state index in [1.807, 2.05) is 20.8 Å². The molecule has 0 bridgehead atoms. The van der Waals surface area contributed by atoms with Crippen LogP contribution < -0.4 is 5.32 Å². The molecule has 16 heavy (non-hydrogen) atoms. The highest BCUT2D eigenvalue weighted by atomic mass is 16.4. The molecule has 0 amide bonds. The molecule has 90 valence electrons. The average Bonchev–Trinajstić information content (AvgIpc) is 2.62. The van der Waals surface area contributed by atoms with Crippen molar-refractivity contribution in [2.45, 2.75) is 45.7 Å². The van der Waals surface area contributed by atoms with Gasteiger partial charge in [-0.3, -0.25) is 4.79 Å². The first-order valence-electron chi connectivity index (χ1n) is 5.39. The number of aryl methyl sites for hydroxylation is 1. The summed E-state index contributed by atoms with van der Waals surface area (Å²) in [6.07, 6.45) is 2.44. The molecule has 0 aliphatic carbocycles. The van der Waals surface area contributed by atoms with Gasteiger partial charge in [0.05, 0.1) is 12.2 Å². The lowest BCUT2D eigenvalue weighted by atomic mass is 10.1. The highest BCUT2D eigenvalue weighted by molar-refractivity contribution is 5.66. The average molecular weight is 226 g/mol. The van der Waals surface area contributed by atoms with Gasteiger partial charge in [-0.1, -0.05) is 0 Å². The number of carbonyl (C=O) groups is 1. The summed E-state index contributed by atoms with van der Waals surface area (Å²) in [5.74, 6) is 0.648. The smallest absolute Gasteiger partial charge is 0.303 e. The lowest BCUT2D eigenvalue weighted by Crippen LogP contribution is -2.29. The minimum Gasteiger partial charge on any atom is -0.481 e. The summed E-state index contributed by atoms with van der Waals surface area (Å²) in [6.45, 7) is 5.74. The molecule has 0 spiro atoms. The van der Waals surface area contributed by atoms with Gasteiger partial charge < -0.3 is 14.8 Å². The largest absolute Gasteiger partial charge is 0.481 e. The van der Waals surface area contributed by atoms with E-state index in [9.17, 15) is 4.79 Å². The van der Waals surface area contributed by atoms with Crippen LogP contribution in [0.15, 0.2) is 10.6 Å². The maximum atomic E-state index is 10.4. The second-order valence-electron chi connectivity index (χ2n) is 4.03. The molecule has 2 atom stereocenters. The summed E-state index contributed by atoms with van der Waals surface area (Å²) in [7, 11) is 0. The van der Waals surface area contributed by atoms with Crippen LogP contribution in [0.3, 0.4) is 0 Å². The zero-order chi connectivity index (χ0) is 12.1. The van der Waals surface area contributed by atoms with Gasteiger partial charge in [-0.15, -0.1) is 0 Å². The lowest BCUT2D eigenvalue weighted by molar-refractivity contribution is -0.137. The van der Waals surface area contributed by atoms with E-state index in [2.05, 4.69) is 10.3 Å². The Labute approximate surface area is 94.9 Å². The quantitative estimate of drug-likeness (QED) is 0.774. The molecule has 0 radical (unpaired) electrons. The molecule has 2 N–H and O–H groups in total. The molecule has 1 aromatic heterocycles. The number of carboxylic acids is 1. The Morgan fingerprint density at radius 3 is 2.81 bits per heavy atom. The maximum Gasteiger partial charge on any atom is 0.303 e. The molecule has 0 aliphatic heterocycles. The van der Waals surface area contributed by atoms with Crippen LogP contribution in [0.1, 0.15) is 44.4 Å². The van der Waals surface area contributed by atoms with Crippen molar-refractivity contribution < 1.29 is 14.3 Å². The van der Waals surface area contributed by atoms with Crippen LogP contribution in [0.4, 0.5) is 0 Å². The van der Waals surface area contributed by atoms with Crippen molar-refractivity contribution in [1.29, 1.82) is 0 Å². The van der Waals surface area contributed by atoms with Crippen LogP contribution in [0.5, 0.6) is 0 Å². The van der Waals surface area contributed by atoms with E-state index in [0.29, 0.717) is 12.3 Å². The van der Waals surface area contributed by atoms with Gasteiger partial charge in [0.15, 0.2) is 0 Å². The Bertz CT molecular complexity index is 349. The highest BCUT2D eigenvalue weighted by Crippen LogP contribution is 2.13. The number of nitrogens with one attached hydrogen (secondary N) is 1.